The monoisotopic (exact) mass is 315 g/mol. The number of hydrogen-bond donors (Lipinski definition) is 2. The van der Waals surface area contributed by atoms with Gasteiger partial charge in [0.2, 0.25) is 0 Å². The first-order valence-corrected chi connectivity index (χ1v) is 7.19. The van der Waals surface area contributed by atoms with Crippen molar-refractivity contribution < 1.29 is 24.2 Å². The van der Waals surface area contributed by atoms with Gasteiger partial charge in [0.05, 0.1) is 13.0 Å². The number of rotatable bonds is 6. The van der Waals surface area contributed by atoms with Crippen molar-refractivity contribution in [3.8, 4) is 0 Å². The summed E-state index contributed by atoms with van der Waals surface area (Å²) in [6.45, 7) is 1.78. The lowest BCUT2D eigenvalue weighted by Crippen LogP contribution is -2.42. The SMILES string of the molecule is CCOC(=O)C[C@@H](NC(=O)c1ccc2ccccc2c1)C(=O)O. The number of ether oxygens (including phenoxy) is 1. The summed E-state index contributed by atoms with van der Waals surface area (Å²) in [6, 6.07) is 11.3. The van der Waals surface area contributed by atoms with Crippen molar-refractivity contribution in [1.29, 1.82) is 0 Å². The highest BCUT2D eigenvalue weighted by Gasteiger charge is 2.24. The lowest BCUT2D eigenvalue weighted by atomic mass is 10.1. The highest BCUT2D eigenvalue weighted by Crippen LogP contribution is 2.15. The minimum atomic E-state index is -1.33. The molecule has 0 saturated carbocycles. The first kappa shape index (κ1) is 16.5. The van der Waals surface area contributed by atoms with Crippen molar-refractivity contribution in [3.05, 3.63) is 48.0 Å². The van der Waals surface area contributed by atoms with Gasteiger partial charge in [0.25, 0.3) is 5.91 Å². The number of benzene rings is 2. The summed E-state index contributed by atoms with van der Waals surface area (Å²) in [5, 5.41) is 13.3. The van der Waals surface area contributed by atoms with Crippen LogP contribution in [0.4, 0.5) is 0 Å². The molecule has 2 aromatic carbocycles. The van der Waals surface area contributed by atoms with Gasteiger partial charge in [0, 0.05) is 5.56 Å². The molecule has 1 amide bonds. The zero-order valence-electron chi connectivity index (χ0n) is 12.6. The molecule has 0 aliphatic rings. The molecule has 2 N–H and O–H groups in total. The van der Waals surface area contributed by atoms with E-state index < -0.39 is 30.3 Å². The van der Waals surface area contributed by atoms with Crippen LogP contribution < -0.4 is 5.32 Å². The minimum Gasteiger partial charge on any atom is -0.480 e. The van der Waals surface area contributed by atoms with Crippen molar-refractivity contribution in [2.24, 2.45) is 0 Å². The maximum absolute atomic E-state index is 12.2. The van der Waals surface area contributed by atoms with E-state index in [1.54, 1.807) is 25.1 Å². The van der Waals surface area contributed by atoms with E-state index in [4.69, 9.17) is 9.84 Å². The average molecular weight is 315 g/mol. The van der Waals surface area contributed by atoms with E-state index in [1.165, 1.54) is 0 Å². The number of nitrogens with one attached hydrogen (secondary N) is 1. The Balaban J connectivity index is 2.13. The molecular formula is C17H17NO5. The summed E-state index contributed by atoms with van der Waals surface area (Å²) in [4.78, 5) is 34.8. The molecule has 0 bridgehead atoms. The average Bonchev–Trinajstić information content (AvgIpc) is 2.53. The summed E-state index contributed by atoms with van der Waals surface area (Å²) in [7, 11) is 0. The topological polar surface area (TPSA) is 92.7 Å². The van der Waals surface area contributed by atoms with E-state index in [1.807, 2.05) is 24.3 Å². The van der Waals surface area contributed by atoms with Crippen LogP contribution in [0.3, 0.4) is 0 Å². The minimum absolute atomic E-state index is 0.157. The Morgan fingerprint density at radius 1 is 1.13 bits per heavy atom. The molecule has 0 spiro atoms. The number of carboxylic acids is 1. The van der Waals surface area contributed by atoms with Gasteiger partial charge in [-0.3, -0.25) is 9.59 Å². The number of amides is 1. The first-order chi connectivity index (χ1) is 11.0. The third-order valence-corrected chi connectivity index (χ3v) is 3.29. The summed E-state index contributed by atoms with van der Waals surface area (Å²) < 4.78 is 4.71. The standard InChI is InChI=1S/C17H17NO5/c1-2-23-15(19)10-14(17(21)22)18-16(20)13-8-7-11-5-3-4-6-12(11)9-13/h3-9,14H,2,10H2,1H3,(H,18,20)(H,21,22)/t14-/m1/s1. The highest BCUT2D eigenvalue weighted by molar-refractivity contribution is 6.00. The molecule has 6 nitrogen and oxygen atoms in total. The van der Waals surface area contributed by atoms with Gasteiger partial charge in [0.1, 0.15) is 6.04 Å². The van der Waals surface area contributed by atoms with Gasteiger partial charge in [-0.25, -0.2) is 4.79 Å². The Bertz CT molecular complexity index is 741. The van der Waals surface area contributed by atoms with Gasteiger partial charge in [-0.2, -0.15) is 0 Å². The Hall–Kier alpha value is -2.89. The number of hydrogen-bond acceptors (Lipinski definition) is 4. The number of esters is 1. The van der Waals surface area contributed by atoms with Gasteiger partial charge >= 0.3 is 11.9 Å². The quantitative estimate of drug-likeness (QED) is 0.795. The van der Waals surface area contributed by atoms with Crippen molar-refractivity contribution in [2.75, 3.05) is 6.61 Å². The summed E-state index contributed by atoms with van der Waals surface area (Å²) in [5.74, 6) is -2.50. The van der Waals surface area contributed by atoms with Gasteiger partial charge in [-0.15, -0.1) is 0 Å². The first-order valence-electron chi connectivity index (χ1n) is 7.19. The summed E-state index contributed by atoms with van der Waals surface area (Å²) in [6.07, 6.45) is -0.414. The van der Waals surface area contributed by atoms with Crippen molar-refractivity contribution in [2.45, 2.75) is 19.4 Å². The number of carboxylic acid groups (broad SMARTS) is 1. The number of aliphatic carboxylic acids is 1. The molecule has 120 valence electrons. The molecular weight excluding hydrogens is 298 g/mol. The third kappa shape index (κ3) is 4.29. The highest BCUT2D eigenvalue weighted by atomic mass is 16.5. The molecule has 23 heavy (non-hydrogen) atoms. The third-order valence-electron chi connectivity index (χ3n) is 3.29. The Morgan fingerprint density at radius 3 is 2.48 bits per heavy atom. The molecule has 6 heteroatoms. The van der Waals surface area contributed by atoms with Crippen LogP contribution in [-0.4, -0.2) is 35.6 Å². The van der Waals surface area contributed by atoms with Gasteiger partial charge in [0.15, 0.2) is 0 Å². The Labute approximate surface area is 133 Å². The Kier molecular flexibility index (Phi) is 5.30. The molecule has 0 heterocycles. The van der Waals surface area contributed by atoms with E-state index in [0.717, 1.165) is 10.8 Å². The predicted molar refractivity (Wildman–Crippen MR) is 84.1 cm³/mol. The molecule has 1 atom stereocenters. The fourth-order valence-electron chi connectivity index (χ4n) is 2.16. The van der Waals surface area contributed by atoms with E-state index >= 15 is 0 Å². The van der Waals surface area contributed by atoms with E-state index in [9.17, 15) is 14.4 Å². The summed E-state index contributed by atoms with van der Waals surface area (Å²) >= 11 is 0. The van der Waals surface area contributed by atoms with Crippen LogP contribution in [0.2, 0.25) is 0 Å². The van der Waals surface area contributed by atoms with Crippen LogP contribution in [0, 0.1) is 0 Å². The van der Waals surface area contributed by atoms with Crippen molar-refractivity contribution in [1.82, 2.24) is 5.32 Å². The van der Waals surface area contributed by atoms with Crippen LogP contribution in [0.5, 0.6) is 0 Å². The maximum Gasteiger partial charge on any atom is 0.326 e. The fraction of sp³-hybridized carbons (Fsp3) is 0.235. The molecule has 0 aliphatic carbocycles. The maximum atomic E-state index is 12.2. The number of carbonyl (C=O) groups is 3. The van der Waals surface area contributed by atoms with E-state index in [-0.39, 0.29) is 6.61 Å². The van der Waals surface area contributed by atoms with Crippen LogP contribution in [-0.2, 0) is 14.3 Å². The van der Waals surface area contributed by atoms with Gasteiger partial charge in [-0.1, -0.05) is 30.3 Å². The lowest BCUT2D eigenvalue weighted by molar-refractivity contribution is -0.149. The largest absolute Gasteiger partial charge is 0.480 e. The number of carbonyl (C=O) groups excluding carboxylic acids is 2. The van der Waals surface area contributed by atoms with Gasteiger partial charge < -0.3 is 15.2 Å². The molecule has 0 aliphatic heterocycles. The predicted octanol–water partition coefficient (Wildman–Crippen LogP) is 1.98. The molecule has 0 aromatic heterocycles. The second-order valence-electron chi connectivity index (χ2n) is 4.94. The zero-order chi connectivity index (χ0) is 16.8. The zero-order valence-corrected chi connectivity index (χ0v) is 12.6. The van der Waals surface area contributed by atoms with Crippen LogP contribution >= 0.6 is 0 Å². The smallest absolute Gasteiger partial charge is 0.326 e. The number of fused-ring (bicyclic) bond motifs is 1. The van der Waals surface area contributed by atoms with Crippen LogP contribution in [0.1, 0.15) is 23.7 Å². The van der Waals surface area contributed by atoms with Crippen LogP contribution in [0.25, 0.3) is 10.8 Å². The Morgan fingerprint density at radius 2 is 1.83 bits per heavy atom. The molecule has 0 unspecified atom stereocenters. The van der Waals surface area contributed by atoms with Crippen molar-refractivity contribution >= 4 is 28.6 Å². The molecule has 2 rings (SSSR count). The molecule has 2 aromatic rings. The van der Waals surface area contributed by atoms with E-state index in [0.29, 0.717) is 5.56 Å². The second kappa shape index (κ2) is 7.40. The second-order valence-corrected chi connectivity index (χ2v) is 4.94. The molecule has 0 radical (unpaired) electrons. The van der Waals surface area contributed by atoms with E-state index in [2.05, 4.69) is 5.32 Å². The lowest BCUT2D eigenvalue weighted by Gasteiger charge is -2.14. The normalized spacial score (nSPS) is 11.7. The van der Waals surface area contributed by atoms with Gasteiger partial charge in [-0.05, 0) is 29.8 Å². The van der Waals surface area contributed by atoms with Crippen LogP contribution in [0.15, 0.2) is 42.5 Å². The molecule has 0 saturated heterocycles. The fourth-order valence-corrected chi connectivity index (χ4v) is 2.16. The van der Waals surface area contributed by atoms with Crippen molar-refractivity contribution in [3.63, 3.8) is 0 Å². The molecule has 0 fully saturated rings. The summed E-state index contributed by atoms with van der Waals surface area (Å²) in [5.41, 5.74) is 0.332.